The summed E-state index contributed by atoms with van der Waals surface area (Å²) >= 11 is 0. The summed E-state index contributed by atoms with van der Waals surface area (Å²) in [4.78, 5) is 4.47. The summed E-state index contributed by atoms with van der Waals surface area (Å²) in [6, 6.07) is 4.41. The fourth-order valence-electron chi connectivity index (χ4n) is 2.20. The molecule has 0 spiro atoms. The molecule has 1 aromatic carbocycles. The fraction of sp³-hybridized carbons (Fsp3) is 0.357. The molecule has 6 heteroatoms. The highest BCUT2D eigenvalue weighted by Crippen LogP contribution is 2.27. The molecular formula is C14H17N5O. The van der Waals surface area contributed by atoms with Gasteiger partial charge in [-0.25, -0.2) is 0 Å². The summed E-state index contributed by atoms with van der Waals surface area (Å²) in [5.41, 5.74) is 2.96. The second-order valence-corrected chi connectivity index (χ2v) is 5.06. The predicted octanol–water partition coefficient (Wildman–Crippen LogP) is 2.07. The average molecular weight is 271 g/mol. The zero-order chi connectivity index (χ0) is 14.1. The van der Waals surface area contributed by atoms with Gasteiger partial charge < -0.3 is 9.84 Å². The zero-order valence-corrected chi connectivity index (χ0v) is 11.8. The number of fused-ring (bicyclic) bond motifs is 1. The van der Waals surface area contributed by atoms with Crippen LogP contribution in [-0.4, -0.2) is 33.4 Å². The summed E-state index contributed by atoms with van der Waals surface area (Å²) in [7, 11) is 1.92. The van der Waals surface area contributed by atoms with Crippen LogP contribution in [0.5, 0.6) is 0 Å². The molecule has 20 heavy (non-hydrogen) atoms. The van der Waals surface area contributed by atoms with Gasteiger partial charge in [0.25, 0.3) is 5.89 Å². The van der Waals surface area contributed by atoms with Crippen molar-refractivity contribution < 1.29 is 4.52 Å². The Morgan fingerprint density at radius 1 is 1.40 bits per heavy atom. The lowest BCUT2D eigenvalue weighted by Crippen LogP contribution is -2.24. The highest BCUT2D eigenvalue weighted by Gasteiger charge is 2.15. The first-order chi connectivity index (χ1) is 9.67. The van der Waals surface area contributed by atoms with E-state index in [1.807, 2.05) is 20.0 Å². The number of hydrogen-bond donors (Lipinski definition) is 2. The quantitative estimate of drug-likeness (QED) is 0.759. The van der Waals surface area contributed by atoms with Gasteiger partial charge in [0.2, 0.25) is 0 Å². The Bertz CT molecular complexity index is 730. The minimum Gasteiger partial charge on any atom is -0.334 e. The number of aromatic nitrogens is 4. The molecule has 2 heterocycles. The minimum absolute atomic E-state index is 0.310. The Labute approximate surface area is 116 Å². The summed E-state index contributed by atoms with van der Waals surface area (Å²) in [5.74, 6) is 1.23. The van der Waals surface area contributed by atoms with Gasteiger partial charge in [0, 0.05) is 17.8 Å². The van der Waals surface area contributed by atoms with Crippen LogP contribution in [0.3, 0.4) is 0 Å². The lowest BCUT2D eigenvalue weighted by molar-refractivity contribution is 0.418. The van der Waals surface area contributed by atoms with Gasteiger partial charge in [-0.3, -0.25) is 5.10 Å². The van der Waals surface area contributed by atoms with Gasteiger partial charge in [-0.05, 0) is 38.6 Å². The molecule has 0 amide bonds. The first kappa shape index (κ1) is 12.8. The molecule has 1 atom stereocenters. The first-order valence-corrected chi connectivity index (χ1v) is 6.61. The number of aromatic amines is 1. The second-order valence-electron chi connectivity index (χ2n) is 5.06. The maximum absolute atomic E-state index is 5.39. The van der Waals surface area contributed by atoms with E-state index in [9.17, 15) is 0 Å². The average Bonchev–Trinajstić information content (AvgIpc) is 3.06. The number of nitrogens with zero attached hydrogens (tertiary/aromatic N) is 3. The monoisotopic (exact) mass is 271 g/mol. The van der Waals surface area contributed by atoms with Gasteiger partial charge >= 0.3 is 0 Å². The molecule has 0 fully saturated rings. The highest BCUT2D eigenvalue weighted by molar-refractivity contribution is 5.91. The van der Waals surface area contributed by atoms with Crippen molar-refractivity contribution in [2.24, 2.45) is 0 Å². The molecule has 2 N–H and O–H groups in total. The van der Waals surface area contributed by atoms with E-state index >= 15 is 0 Å². The van der Waals surface area contributed by atoms with Crippen LogP contribution in [0, 0.1) is 6.92 Å². The van der Waals surface area contributed by atoms with Gasteiger partial charge in [-0.1, -0.05) is 5.16 Å². The van der Waals surface area contributed by atoms with Gasteiger partial charge in [0.1, 0.15) is 0 Å². The van der Waals surface area contributed by atoms with Crippen LogP contribution in [0.1, 0.15) is 18.3 Å². The molecule has 3 aromatic rings. The van der Waals surface area contributed by atoms with Crippen molar-refractivity contribution in [2.45, 2.75) is 26.3 Å². The minimum atomic E-state index is 0.310. The molecule has 2 aromatic heterocycles. The molecular weight excluding hydrogens is 254 g/mol. The van der Waals surface area contributed by atoms with Crippen LogP contribution in [0.4, 0.5) is 0 Å². The molecule has 6 nitrogen and oxygen atoms in total. The van der Waals surface area contributed by atoms with Gasteiger partial charge in [-0.2, -0.15) is 10.1 Å². The van der Waals surface area contributed by atoms with E-state index < -0.39 is 0 Å². The van der Waals surface area contributed by atoms with Crippen LogP contribution >= 0.6 is 0 Å². The van der Waals surface area contributed by atoms with E-state index in [2.05, 4.69) is 38.6 Å². The molecule has 0 aliphatic carbocycles. The van der Waals surface area contributed by atoms with Crippen LogP contribution in [-0.2, 0) is 6.42 Å². The lowest BCUT2D eigenvalue weighted by Gasteiger charge is -2.04. The largest absolute Gasteiger partial charge is 0.334 e. The number of nitrogens with one attached hydrogen (secondary N) is 2. The Kier molecular flexibility index (Phi) is 3.23. The van der Waals surface area contributed by atoms with Gasteiger partial charge in [0.15, 0.2) is 5.82 Å². The van der Waals surface area contributed by atoms with E-state index in [-0.39, 0.29) is 0 Å². The van der Waals surface area contributed by atoms with E-state index in [4.69, 9.17) is 4.52 Å². The van der Waals surface area contributed by atoms with Crippen molar-refractivity contribution in [3.8, 4) is 11.5 Å². The van der Waals surface area contributed by atoms with Crippen molar-refractivity contribution in [3.63, 3.8) is 0 Å². The van der Waals surface area contributed by atoms with Crippen LogP contribution in [0.2, 0.25) is 0 Å². The normalized spacial score (nSPS) is 12.9. The molecule has 3 rings (SSSR count). The molecule has 104 valence electrons. The summed E-state index contributed by atoms with van der Waals surface area (Å²) < 4.78 is 5.39. The van der Waals surface area contributed by atoms with Crippen molar-refractivity contribution >= 4 is 10.9 Å². The SMILES string of the molecule is CNC(C)Cc1noc(-c2cc(C)cc3cn[nH]c23)n1. The van der Waals surface area contributed by atoms with Crippen LogP contribution in [0.15, 0.2) is 22.9 Å². The maximum atomic E-state index is 5.39. The van der Waals surface area contributed by atoms with E-state index in [1.165, 1.54) is 0 Å². The Morgan fingerprint density at radius 2 is 2.25 bits per heavy atom. The number of aryl methyl sites for hydroxylation is 1. The van der Waals surface area contributed by atoms with Crippen LogP contribution < -0.4 is 5.32 Å². The Morgan fingerprint density at radius 3 is 3.05 bits per heavy atom. The third kappa shape index (κ3) is 2.30. The molecule has 0 radical (unpaired) electrons. The van der Waals surface area contributed by atoms with Crippen molar-refractivity contribution in [1.82, 2.24) is 25.7 Å². The maximum Gasteiger partial charge on any atom is 0.260 e. The van der Waals surface area contributed by atoms with Crippen molar-refractivity contribution in [1.29, 1.82) is 0 Å². The van der Waals surface area contributed by atoms with Gasteiger partial charge in [-0.15, -0.1) is 0 Å². The fourth-order valence-corrected chi connectivity index (χ4v) is 2.20. The smallest absolute Gasteiger partial charge is 0.260 e. The molecule has 1 unspecified atom stereocenters. The topological polar surface area (TPSA) is 79.6 Å². The number of hydrogen-bond acceptors (Lipinski definition) is 5. The number of H-pyrrole nitrogens is 1. The standard InChI is InChI=1S/C14H17N5O/c1-8-4-10-7-16-18-13(10)11(5-8)14-17-12(19-20-14)6-9(2)15-3/h4-5,7,9,15H,6H2,1-3H3,(H,16,18). The van der Waals surface area contributed by atoms with E-state index in [0.29, 0.717) is 17.8 Å². The first-order valence-electron chi connectivity index (χ1n) is 6.61. The summed E-state index contributed by atoms with van der Waals surface area (Å²) in [5, 5.41) is 15.3. The molecule has 0 aliphatic heterocycles. The molecule has 0 saturated carbocycles. The highest BCUT2D eigenvalue weighted by atomic mass is 16.5. The van der Waals surface area contributed by atoms with Gasteiger partial charge in [0.05, 0.1) is 17.3 Å². The predicted molar refractivity (Wildman–Crippen MR) is 76.3 cm³/mol. The number of likely N-dealkylation sites (N-methyl/N-ethyl adjacent to an activating group) is 1. The van der Waals surface area contributed by atoms with Crippen LogP contribution in [0.25, 0.3) is 22.4 Å². The van der Waals surface area contributed by atoms with Crippen molar-refractivity contribution in [3.05, 3.63) is 29.7 Å². The zero-order valence-electron chi connectivity index (χ0n) is 11.8. The molecule has 0 bridgehead atoms. The summed E-state index contributed by atoms with van der Waals surface area (Å²) in [6.07, 6.45) is 2.53. The van der Waals surface area contributed by atoms with Crippen molar-refractivity contribution in [2.75, 3.05) is 7.05 Å². The number of benzene rings is 1. The molecule has 0 aliphatic rings. The Balaban J connectivity index is 2.01. The molecule has 0 saturated heterocycles. The third-order valence-electron chi connectivity index (χ3n) is 3.37. The van der Waals surface area contributed by atoms with E-state index in [1.54, 1.807) is 6.20 Å². The number of rotatable bonds is 4. The Hall–Kier alpha value is -2.21. The third-order valence-corrected chi connectivity index (χ3v) is 3.37. The summed E-state index contributed by atoms with van der Waals surface area (Å²) in [6.45, 7) is 4.12. The van der Waals surface area contributed by atoms with E-state index in [0.717, 1.165) is 28.5 Å². The lowest BCUT2D eigenvalue weighted by atomic mass is 10.1. The second kappa shape index (κ2) is 5.05.